The van der Waals surface area contributed by atoms with E-state index in [-0.39, 0.29) is 17.7 Å². The molecule has 6 nitrogen and oxygen atoms in total. The first kappa shape index (κ1) is 20.3. The van der Waals surface area contributed by atoms with Gasteiger partial charge in [0.05, 0.1) is 11.9 Å². The Morgan fingerprint density at radius 3 is 2.63 bits per heavy atom. The van der Waals surface area contributed by atoms with Gasteiger partial charge in [-0.3, -0.25) is 14.6 Å². The number of rotatable bonds is 4. The van der Waals surface area contributed by atoms with Gasteiger partial charge in [0, 0.05) is 41.6 Å². The van der Waals surface area contributed by atoms with E-state index in [0.717, 1.165) is 21.4 Å². The van der Waals surface area contributed by atoms with E-state index in [4.69, 9.17) is 0 Å². The molecule has 0 aliphatic carbocycles. The number of pyridine rings is 1. The van der Waals surface area contributed by atoms with Crippen LogP contribution in [0.3, 0.4) is 0 Å². The Morgan fingerprint density at radius 1 is 1.13 bits per heavy atom. The Morgan fingerprint density at radius 2 is 1.93 bits per heavy atom. The van der Waals surface area contributed by atoms with Crippen molar-refractivity contribution in [1.82, 2.24) is 14.5 Å². The van der Waals surface area contributed by atoms with Crippen LogP contribution in [0.15, 0.2) is 65.5 Å². The normalized spacial score (nSPS) is 14.5. The van der Waals surface area contributed by atoms with Gasteiger partial charge in [0.25, 0.3) is 5.91 Å². The van der Waals surface area contributed by atoms with Gasteiger partial charge in [-0.15, -0.1) is 0 Å². The number of nitrogens with one attached hydrogen (secondary N) is 1. The molecule has 0 radical (unpaired) electrons. The van der Waals surface area contributed by atoms with E-state index in [1.54, 1.807) is 12.4 Å². The molecule has 154 valence electrons. The second kappa shape index (κ2) is 8.83. The molecule has 1 aliphatic rings. The number of nitrogens with zero attached hydrogens (tertiary/aromatic N) is 3. The lowest BCUT2D eigenvalue weighted by Crippen LogP contribution is -2.42. The van der Waals surface area contributed by atoms with Crippen LogP contribution in [0, 0.1) is 12.8 Å². The minimum absolute atomic E-state index is 0.0163. The van der Waals surface area contributed by atoms with E-state index in [1.807, 2.05) is 65.1 Å². The maximum absolute atomic E-state index is 13.1. The van der Waals surface area contributed by atoms with Crippen molar-refractivity contribution in [3.63, 3.8) is 0 Å². The second-order valence-electron chi connectivity index (χ2n) is 7.49. The van der Waals surface area contributed by atoms with Gasteiger partial charge in [-0.05, 0) is 67.8 Å². The van der Waals surface area contributed by atoms with Crippen molar-refractivity contribution in [3.05, 3.63) is 76.8 Å². The Kier molecular flexibility index (Phi) is 5.99. The predicted molar refractivity (Wildman–Crippen MR) is 120 cm³/mol. The van der Waals surface area contributed by atoms with Crippen molar-refractivity contribution in [2.75, 3.05) is 18.4 Å². The third-order valence-corrected chi connectivity index (χ3v) is 6.36. The lowest BCUT2D eigenvalue weighted by atomic mass is 9.95. The van der Waals surface area contributed by atoms with Crippen molar-refractivity contribution >= 4 is 33.4 Å². The average molecular weight is 467 g/mol. The summed E-state index contributed by atoms with van der Waals surface area (Å²) in [7, 11) is 0. The zero-order valence-corrected chi connectivity index (χ0v) is 18.3. The molecule has 2 aromatic heterocycles. The average Bonchev–Trinajstić information content (AvgIpc) is 3.26. The number of anilines is 1. The van der Waals surface area contributed by atoms with Crippen LogP contribution in [-0.2, 0) is 4.79 Å². The van der Waals surface area contributed by atoms with Gasteiger partial charge in [-0.1, -0.05) is 15.9 Å². The van der Waals surface area contributed by atoms with Crippen molar-refractivity contribution in [1.29, 1.82) is 0 Å². The molecule has 0 unspecified atom stereocenters. The Balaban J connectivity index is 1.38. The second-order valence-corrected chi connectivity index (χ2v) is 8.35. The van der Waals surface area contributed by atoms with Gasteiger partial charge in [0.1, 0.15) is 5.69 Å². The van der Waals surface area contributed by atoms with Crippen molar-refractivity contribution in [3.8, 4) is 5.69 Å². The first-order valence-corrected chi connectivity index (χ1v) is 10.8. The molecule has 7 heteroatoms. The highest BCUT2D eigenvalue weighted by Gasteiger charge is 2.29. The number of benzene rings is 1. The number of hydrogen-bond acceptors (Lipinski definition) is 3. The highest BCUT2D eigenvalue weighted by Crippen LogP contribution is 2.24. The fourth-order valence-corrected chi connectivity index (χ4v) is 4.00. The minimum atomic E-state index is -0.0943. The molecule has 0 saturated carbocycles. The summed E-state index contributed by atoms with van der Waals surface area (Å²) in [6.07, 6.45) is 6.61. The first-order valence-electron chi connectivity index (χ1n) is 9.97. The van der Waals surface area contributed by atoms with Crippen molar-refractivity contribution in [2.24, 2.45) is 5.92 Å². The Hall–Kier alpha value is -2.93. The van der Waals surface area contributed by atoms with E-state index in [0.29, 0.717) is 31.6 Å². The quantitative estimate of drug-likeness (QED) is 0.617. The number of hydrogen-bond donors (Lipinski definition) is 1. The number of amides is 2. The molecule has 0 atom stereocenters. The summed E-state index contributed by atoms with van der Waals surface area (Å²) < 4.78 is 2.87. The molecule has 2 amide bonds. The number of carbonyl (C=O) groups is 2. The maximum Gasteiger partial charge on any atom is 0.270 e. The Labute approximate surface area is 184 Å². The van der Waals surface area contributed by atoms with Gasteiger partial charge in [-0.25, -0.2) is 0 Å². The fourth-order valence-electron chi connectivity index (χ4n) is 3.75. The summed E-state index contributed by atoms with van der Waals surface area (Å²) in [6, 6.07) is 13.2. The van der Waals surface area contributed by atoms with Crippen LogP contribution in [0.2, 0.25) is 0 Å². The lowest BCUT2D eigenvalue weighted by molar-refractivity contribution is -0.121. The highest BCUT2D eigenvalue weighted by atomic mass is 79.9. The monoisotopic (exact) mass is 466 g/mol. The van der Waals surface area contributed by atoms with Gasteiger partial charge in [0.15, 0.2) is 0 Å². The molecule has 1 N–H and O–H groups in total. The molecule has 1 aromatic carbocycles. The topological polar surface area (TPSA) is 67.2 Å². The summed E-state index contributed by atoms with van der Waals surface area (Å²) in [5.41, 5.74) is 3.33. The molecular formula is C23H23BrN4O2. The number of aromatic nitrogens is 2. The van der Waals surface area contributed by atoms with Crippen LogP contribution in [-0.4, -0.2) is 39.4 Å². The van der Waals surface area contributed by atoms with Crippen LogP contribution in [0.25, 0.3) is 5.69 Å². The molecule has 0 spiro atoms. The molecule has 3 aromatic rings. The number of carbonyl (C=O) groups excluding carboxylic acids is 2. The van der Waals surface area contributed by atoms with Crippen LogP contribution in [0.1, 0.15) is 28.9 Å². The summed E-state index contributed by atoms with van der Waals surface area (Å²) in [5.74, 6) is -0.100. The summed E-state index contributed by atoms with van der Waals surface area (Å²) in [4.78, 5) is 31.7. The van der Waals surface area contributed by atoms with Crippen LogP contribution < -0.4 is 5.32 Å². The molecule has 1 saturated heterocycles. The van der Waals surface area contributed by atoms with Crippen molar-refractivity contribution in [2.45, 2.75) is 19.8 Å². The van der Waals surface area contributed by atoms with E-state index in [2.05, 4.69) is 26.2 Å². The molecule has 0 bridgehead atoms. The maximum atomic E-state index is 13.1. The summed E-state index contributed by atoms with van der Waals surface area (Å²) in [6.45, 7) is 3.12. The molecular weight excluding hydrogens is 444 g/mol. The van der Waals surface area contributed by atoms with Crippen LogP contribution >= 0.6 is 15.9 Å². The molecule has 3 heterocycles. The summed E-state index contributed by atoms with van der Waals surface area (Å²) >= 11 is 3.47. The Bertz CT molecular complexity index is 1060. The number of piperidine rings is 1. The van der Waals surface area contributed by atoms with E-state index in [9.17, 15) is 9.59 Å². The smallest absolute Gasteiger partial charge is 0.270 e. The van der Waals surface area contributed by atoms with Gasteiger partial charge in [0.2, 0.25) is 5.91 Å². The van der Waals surface area contributed by atoms with Gasteiger partial charge in [-0.2, -0.15) is 0 Å². The third-order valence-electron chi connectivity index (χ3n) is 5.47. The molecule has 4 rings (SSSR count). The van der Waals surface area contributed by atoms with E-state index < -0.39 is 0 Å². The number of aryl methyl sites for hydroxylation is 1. The SMILES string of the molecule is Cc1cc(NC(=O)C2CCN(C(=O)c3cccn3-c3cccnc3)CC2)ccc1Br. The third kappa shape index (κ3) is 4.31. The van der Waals surface area contributed by atoms with Crippen molar-refractivity contribution < 1.29 is 9.59 Å². The van der Waals surface area contributed by atoms with Crippen LogP contribution in [0.4, 0.5) is 5.69 Å². The molecule has 1 aliphatic heterocycles. The van der Waals surface area contributed by atoms with Crippen LogP contribution in [0.5, 0.6) is 0 Å². The summed E-state index contributed by atoms with van der Waals surface area (Å²) in [5, 5.41) is 3.01. The van der Waals surface area contributed by atoms with Gasteiger partial charge >= 0.3 is 0 Å². The molecule has 30 heavy (non-hydrogen) atoms. The zero-order valence-electron chi connectivity index (χ0n) is 16.7. The molecule has 1 fully saturated rings. The fraction of sp³-hybridized carbons (Fsp3) is 0.261. The largest absolute Gasteiger partial charge is 0.337 e. The number of likely N-dealkylation sites (tertiary alicyclic amines) is 1. The minimum Gasteiger partial charge on any atom is -0.337 e. The lowest BCUT2D eigenvalue weighted by Gasteiger charge is -2.31. The van der Waals surface area contributed by atoms with E-state index in [1.165, 1.54) is 0 Å². The number of halogens is 1. The highest BCUT2D eigenvalue weighted by molar-refractivity contribution is 9.10. The standard InChI is InChI=1S/C23H23BrN4O2/c1-16-14-18(6-7-20(16)24)26-22(29)17-8-12-27(13-9-17)23(30)21-5-3-11-28(21)19-4-2-10-25-15-19/h2-7,10-11,14-15,17H,8-9,12-13H2,1H3,(H,26,29). The first-order chi connectivity index (χ1) is 14.5. The predicted octanol–water partition coefficient (Wildman–Crippen LogP) is 4.43. The van der Waals surface area contributed by atoms with Gasteiger partial charge < -0.3 is 14.8 Å². The van der Waals surface area contributed by atoms with E-state index >= 15 is 0 Å². The zero-order chi connectivity index (χ0) is 21.1.